The lowest BCUT2D eigenvalue weighted by Crippen LogP contribution is -2.29. The van der Waals surface area contributed by atoms with Gasteiger partial charge in [-0.15, -0.1) is 10.2 Å². The molecular formula is C12H17N11O3. The molecule has 0 saturated carbocycles. The molecule has 0 saturated heterocycles. The molecule has 0 unspecified atom stereocenters. The first-order chi connectivity index (χ1) is 12.3. The lowest BCUT2D eigenvalue weighted by atomic mass is 10.4. The van der Waals surface area contributed by atoms with E-state index >= 15 is 0 Å². The summed E-state index contributed by atoms with van der Waals surface area (Å²) in [5.74, 6) is -1.53. The molecule has 14 heteroatoms. The molecule has 0 fully saturated rings. The molecule has 2 aromatic rings. The number of amidine groups is 1. The molecule has 0 spiro atoms. The average molecular weight is 363 g/mol. The average Bonchev–Trinajstić information content (AvgIpc) is 3.10. The minimum atomic E-state index is -0.673. The first-order valence-corrected chi connectivity index (χ1v) is 7.26. The van der Waals surface area contributed by atoms with Crippen molar-refractivity contribution in [1.29, 1.82) is 5.41 Å². The quantitative estimate of drug-likeness (QED) is 0.198. The van der Waals surface area contributed by atoms with Crippen LogP contribution in [0.3, 0.4) is 0 Å². The highest BCUT2D eigenvalue weighted by atomic mass is 16.2. The maximum Gasteiger partial charge on any atom is 0.295 e. The number of carbonyl (C=O) groups excluding carboxylic acids is 3. The van der Waals surface area contributed by atoms with Gasteiger partial charge in [-0.25, -0.2) is 9.36 Å². The van der Waals surface area contributed by atoms with Crippen molar-refractivity contribution in [2.45, 2.75) is 6.42 Å². The van der Waals surface area contributed by atoms with Crippen molar-refractivity contribution in [2.24, 2.45) is 19.8 Å². The maximum absolute atomic E-state index is 12.2. The summed E-state index contributed by atoms with van der Waals surface area (Å²) in [5, 5.41) is 22.0. The van der Waals surface area contributed by atoms with Crippen LogP contribution in [-0.4, -0.2) is 60.1 Å². The molecule has 0 aromatic carbocycles. The normalized spacial score (nSPS) is 10.2. The highest BCUT2D eigenvalue weighted by molar-refractivity contribution is 6.01. The summed E-state index contributed by atoms with van der Waals surface area (Å²) in [6, 6.07) is 0. The van der Waals surface area contributed by atoms with Crippen LogP contribution in [-0.2, 0) is 18.9 Å². The van der Waals surface area contributed by atoms with Gasteiger partial charge < -0.3 is 11.1 Å². The Morgan fingerprint density at radius 1 is 1.12 bits per heavy atom. The van der Waals surface area contributed by atoms with Crippen molar-refractivity contribution in [3.63, 3.8) is 0 Å². The third kappa shape index (κ3) is 4.37. The number of rotatable bonds is 8. The number of hydrogen-bond donors (Lipinski definition) is 5. The minimum Gasteiger partial charge on any atom is -0.388 e. The van der Waals surface area contributed by atoms with E-state index in [2.05, 4.69) is 36.1 Å². The van der Waals surface area contributed by atoms with E-state index in [9.17, 15) is 14.4 Å². The fraction of sp³-hybridized carbons (Fsp3) is 0.333. The lowest BCUT2D eigenvalue weighted by Gasteiger charge is -2.02. The van der Waals surface area contributed by atoms with Crippen molar-refractivity contribution < 1.29 is 14.4 Å². The van der Waals surface area contributed by atoms with E-state index in [0.717, 1.165) is 0 Å². The third-order valence-electron chi connectivity index (χ3n) is 3.03. The van der Waals surface area contributed by atoms with Gasteiger partial charge in [-0.1, -0.05) is 0 Å². The van der Waals surface area contributed by atoms with Gasteiger partial charge in [0.15, 0.2) is 0 Å². The van der Waals surface area contributed by atoms with Crippen LogP contribution in [0.4, 0.5) is 11.9 Å². The van der Waals surface area contributed by atoms with Gasteiger partial charge >= 0.3 is 0 Å². The Kier molecular flexibility index (Phi) is 5.56. The predicted molar refractivity (Wildman–Crippen MR) is 88.5 cm³/mol. The summed E-state index contributed by atoms with van der Waals surface area (Å²) in [6.45, 7) is 0.175. The van der Waals surface area contributed by atoms with Crippen LogP contribution >= 0.6 is 0 Å². The second-order valence-corrected chi connectivity index (χ2v) is 5.01. The van der Waals surface area contributed by atoms with Gasteiger partial charge in [0.1, 0.15) is 0 Å². The Balaban J connectivity index is 2.06. The van der Waals surface area contributed by atoms with Gasteiger partial charge in [-0.3, -0.25) is 30.4 Å². The van der Waals surface area contributed by atoms with Crippen molar-refractivity contribution in [1.82, 2.24) is 34.8 Å². The molecule has 14 nitrogen and oxygen atoms in total. The molecule has 0 atom stereocenters. The fourth-order valence-corrected chi connectivity index (χ4v) is 1.88. The molecule has 0 bridgehead atoms. The lowest BCUT2D eigenvalue weighted by molar-refractivity contribution is -0.105. The number of amides is 3. The van der Waals surface area contributed by atoms with E-state index in [1.54, 1.807) is 0 Å². The van der Waals surface area contributed by atoms with Crippen LogP contribution in [0, 0.1) is 5.41 Å². The molecule has 3 amide bonds. The van der Waals surface area contributed by atoms with Gasteiger partial charge in [0, 0.05) is 27.1 Å². The molecule has 0 aliphatic heterocycles. The van der Waals surface area contributed by atoms with E-state index < -0.39 is 11.8 Å². The van der Waals surface area contributed by atoms with E-state index in [-0.39, 0.29) is 42.3 Å². The van der Waals surface area contributed by atoms with Crippen molar-refractivity contribution in [3.05, 3.63) is 11.6 Å². The summed E-state index contributed by atoms with van der Waals surface area (Å²) in [5.41, 5.74) is 5.21. The smallest absolute Gasteiger partial charge is 0.295 e. The standard InChI is InChI=1S/C12H17N11O3/c1-22-7(9(25)15-4-3-6(13)14)18-12(21-22)19-10(26)8-17-11(16-5-24)20-23(8)2/h5H,3-4H2,1-2H3,(H3,13,14)(H,15,25)(H,16,20,24)(H,19,21,26). The van der Waals surface area contributed by atoms with E-state index in [0.29, 0.717) is 6.41 Å². The van der Waals surface area contributed by atoms with Crippen molar-refractivity contribution in [2.75, 3.05) is 17.2 Å². The van der Waals surface area contributed by atoms with Crippen LogP contribution in [0.15, 0.2) is 0 Å². The molecule has 0 aliphatic rings. The van der Waals surface area contributed by atoms with Gasteiger partial charge in [-0.05, 0) is 0 Å². The number of nitrogens with zero attached hydrogens (tertiary/aromatic N) is 6. The Morgan fingerprint density at radius 2 is 1.69 bits per heavy atom. The summed E-state index contributed by atoms with van der Waals surface area (Å²) in [6.07, 6.45) is 0.588. The molecule has 6 N–H and O–H groups in total. The minimum absolute atomic E-state index is 0.0350. The van der Waals surface area contributed by atoms with E-state index in [4.69, 9.17) is 11.1 Å². The second-order valence-electron chi connectivity index (χ2n) is 5.01. The van der Waals surface area contributed by atoms with Crippen LogP contribution in [0.5, 0.6) is 0 Å². The molecule has 26 heavy (non-hydrogen) atoms. The largest absolute Gasteiger partial charge is 0.388 e. The topological polar surface area (TPSA) is 199 Å². The molecular weight excluding hydrogens is 346 g/mol. The van der Waals surface area contributed by atoms with Crippen molar-refractivity contribution >= 4 is 36.0 Å². The van der Waals surface area contributed by atoms with Crippen molar-refractivity contribution in [3.8, 4) is 0 Å². The second kappa shape index (κ2) is 7.82. The number of nitrogens with two attached hydrogens (primary N) is 1. The SMILES string of the molecule is Cn1nc(NC(=O)c2nc(NC=O)nn2C)nc1C(=O)NCCC(=N)N. The van der Waals surface area contributed by atoms with Crippen LogP contribution in [0.2, 0.25) is 0 Å². The zero-order valence-electron chi connectivity index (χ0n) is 14.0. The van der Waals surface area contributed by atoms with Crippen LogP contribution in [0.1, 0.15) is 27.7 Å². The Hall–Kier alpha value is -3.84. The number of carbonyl (C=O) groups is 3. The highest BCUT2D eigenvalue weighted by Gasteiger charge is 2.20. The molecule has 138 valence electrons. The first kappa shape index (κ1) is 18.5. The molecule has 2 heterocycles. The van der Waals surface area contributed by atoms with E-state index in [1.165, 1.54) is 23.5 Å². The third-order valence-corrected chi connectivity index (χ3v) is 3.03. The number of aryl methyl sites for hydroxylation is 2. The summed E-state index contributed by atoms with van der Waals surface area (Å²) in [7, 11) is 2.95. The Bertz CT molecular complexity index is 853. The monoisotopic (exact) mass is 363 g/mol. The van der Waals surface area contributed by atoms with Gasteiger partial charge in [0.2, 0.25) is 30.0 Å². The number of nitrogens with one attached hydrogen (secondary N) is 4. The number of hydrogen-bond acceptors (Lipinski definition) is 8. The molecule has 0 aliphatic carbocycles. The Labute approximate surface area is 146 Å². The van der Waals surface area contributed by atoms with Gasteiger partial charge in [-0.2, -0.15) is 9.97 Å². The highest BCUT2D eigenvalue weighted by Crippen LogP contribution is 2.06. The summed E-state index contributed by atoms with van der Waals surface area (Å²) >= 11 is 0. The molecule has 2 aromatic heterocycles. The number of aromatic nitrogens is 6. The molecule has 0 radical (unpaired) electrons. The van der Waals surface area contributed by atoms with Crippen LogP contribution in [0.25, 0.3) is 0 Å². The summed E-state index contributed by atoms with van der Waals surface area (Å²) < 4.78 is 2.36. The zero-order chi connectivity index (χ0) is 19.3. The number of anilines is 2. The van der Waals surface area contributed by atoms with Crippen LogP contribution < -0.4 is 21.7 Å². The first-order valence-electron chi connectivity index (χ1n) is 7.26. The molecule has 2 rings (SSSR count). The maximum atomic E-state index is 12.2. The fourth-order valence-electron chi connectivity index (χ4n) is 1.88. The van der Waals surface area contributed by atoms with E-state index in [1.807, 2.05) is 0 Å². The predicted octanol–water partition coefficient (Wildman–Crippen LogP) is -2.18. The summed E-state index contributed by atoms with van der Waals surface area (Å²) in [4.78, 5) is 42.4. The van der Waals surface area contributed by atoms with Gasteiger partial charge in [0.05, 0.1) is 5.84 Å². The van der Waals surface area contributed by atoms with Gasteiger partial charge in [0.25, 0.3) is 11.8 Å². The zero-order valence-corrected chi connectivity index (χ0v) is 14.0. The Morgan fingerprint density at radius 3 is 2.31 bits per heavy atom.